The third kappa shape index (κ3) is 11.3. The van der Waals surface area contributed by atoms with Crippen LogP contribution in [-0.2, 0) is 37.3 Å². The molecule has 2 amide bonds. The minimum atomic E-state index is -4.73. The third-order valence-electron chi connectivity index (χ3n) is 9.41. The van der Waals surface area contributed by atoms with Crippen molar-refractivity contribution in [3.05, 3.63) is 52.5 Å². The smallest absolute Gasteiger partial charge is 0.492 e. The van der Waals surface area contributed by atoms with Gasteiger partial charge in [-0.15, -0.1) is 4.73 Å². The number of unbranched alkanes of at least 4 members (excludes halogenated alkanes) is 1. The van der Waals surface area contributed by atoms with Gasteiger partial charge in [0.2, 0.25) is 23.6 Å². The molecule has 0 bridgehead atoms. The molecule has 0 radical (unpaired) electrons. The third-order valence-corrected chi connectivity index (χ3v) is 10.2. The fourth-order valence-electron chi connectivity index (χ4n) is 6.94. The van der Waals surface area contributed by atoms with Crippen LogP contribution in [0.3, 0.4) is 0 Å². The van der Waals surface area contributed by atoms with Gasteiger partial charge in [0.25, 0.3) is 10.1 Å². The summed E-state index contributed by atoms with van der Waals surface area (Å²) in [6, 6.07) is 2.47. The van der Waals surface area contributed by atoms with E-state index in [1.54, 1.807) is 6.08 Å². The van der Waals surface area contributed by atoms with Gasteiger partial charge in [0.05, 0.1) is 27.7 Å². The maximum atomic E-state index is 16.9. The zero-order valence-electron chi connectivity index (χ0n) is 32.2. The average molecular weight is 796 g/mol. The summed E-state index contributed by atoms with van der Waals surface area (Å²) in [5.74, 6) is -4.55. The Hall–Kier alpha value is -4.49. The van der Waals surface area contributed by atoms with Gasteiger partial charge in [-0.2, -0.15) is 8.42 Å². The van der Waals surface area contributed by atoms with Gasteiger partial charge in [-0.25, -0.2) is 4.79 Å². The fourth-order valence-corrected chi connectivity index (χ4v) is 7.60. The summed E-state index contributed by atoms with van der Waals surface area (Å²) in [4.78, 5) is 43.0. The monoisotopic (exact) mass is 795 g/mol. The number of allylic oxidation sites excluding steroid dienone is 2. The van der Waals surface area contributed by atoms with Crippen molar-refractivity contribution in [1.82, 2.24) is 19.8 Å². The summed E-state index contributed by atoms with van der Waals surface area (Å²) >= 11 is 0. The van der Waals surface area contributed by atoms with Gasteiger partial charge in [0.1, 0.15) is 17.5 Å². The highest BCUT2D eigenvalue weighted by Gasteiger charge is 2.54. The Bertz CT molecular complexity index is 1940. The van der Waals surface area contributed by atoms with Gasteiger partial charge in [0.15, 0.2) is 5.70 Å². The van der Waals surface area contributed by atoms with Gasteiger partial charge in [-0.3, -0.25) is 14.1 Å². The number of hydrogen-bond acceptors (Lipinski definition) is 8. The highest BCUT2D eigenvalue weighted by Crippen LogP contribution is 2.39. The van der Waals surface area contributed by atoms with E-state index in [0.717, 1.165) is 47.1 Å². The number of carbonyl (C=O) groups is 3. The van der Waals surface area contributed by atoms with Crippen LogP contribution in [0.15, 0.2) is 35.5 Å². The van der Waals surface area contributed by atoms with Crippen LogP contribution >= 0.6 is 0 Å². The summed E-state index contributed by atoms with van der Waals surface area (Å²) < 4.78 is 70.3. The van der Waals surface area contributed by atoms with E-state index in [4.69, 9.17) is 4.84 Å². The lowest BCUT2D eigenvalue weighted by Crippen LogP contribution is -2.52. The molecule has 2 aromatic rings. The number of aryl methyl sites for hydroxylation is 2. The van der Waals surface area contributed by atoms with Crippen LogP contribution in [0.1, 0.15) is 88.6 Å². The number of quaternary nitrogens is 1. The van der Waals surface area contributed by atoms with Gasteiger partial charge in [0, 0.05) is 67.8 Å². The van der Waals surface area contributed by atoms with Crippen LogP contribution < -0.4 is 15.5 Å². The van der Waals surface area contributed by atoms with Crippen molar-refractivity contribution >= 4 is 46.7 Å². The lowest BCUT2D eigenvalue weighted by Gasteiger charge is -2.32. The van der Waals surface area contributed by atoms with Gasteiger partial charge in [-0.1, -0.05) is 26.7 Å². The topological polar surface area (TPSA) is 192 Å². The first kappa shape index (κ1) is 43.2. The number of fused-ring (bicyclic) bond motifs is 2. The van der Waals surface area contributed by atoms with E-state index in [1.807, 2.05) is 26.0 Å². The van der Waals surface area contributed by atoms with Gasteiger partial charge in [-0.05, 0) is 49.4 Å². The number of amides is 2. The second-order valence-corrected chi connectivity index (χ2v) is 16.6. The molecule has 0 saturated heterocycles. The quantitative estimate of drug-likeness (QED) is 0.0547. The van der Waals surface area contributed by atoms with Crippen molar-refractivity contribution in [3.63, 3.8) is 0 Å². The SMILES string of the molecule is CCCC1=CC(CCC(=O)NC(CS(=O)(=O)O)C(=O)NCCCCC(=O)On2c(O)ccc2O)=[N+]2C1=Cc1c(CCC)cc(CCC[N+](C)(C)C)n1[B-]2(F)F. The Morgan fingerprint density at radius 1 is 0.964 bits per heavy atom. The molecule has 2 aliphatic rings. The Kier molecular flexibility index (Phi) is 14.1. The molecule has 0 spiro atoms. The van der Waals surface area contributed by atoms with Crippen molar-refractivity contribution in [3.8, 4) is 11.8 Å². The van der Waals surface area contributed by atoms with Crippen molar-refractivity contribution < 1.29 is 60.0 Å². The number of aromatic nitrogens is 2. The first-order valence-corrected chi connectivity index (χ1v) is 20.3. The summed E-state index contributed by atoms with van der Waals surface area (Å²) in [6.07, 6.45) is 7.23. The lowest BCUT2D eigenvalue weighted by molar-refractivity contribution is -0.870. The van der Waals surface area contributed by atoms with Gasteiger partial charge >= 0.3 is 12.9 Å². The second kappa shape index (κ2) is 18.0. The van der Waals surface area contributed by atoms with Crippen LogP contribution in [0.4, 0.5) is 8.63 Å². The molecule has 4 heterocycles. The average Bonchev–Trinajstić information content (AvgIpc) is 3.72. The van der Waals surface area contributed by atoms with E-state index in [2.05, 4.69) is 31.8 Å². The molecular formula is C36H54BF2N6O9S+. The molecule has 19 heteroatoms. The number of rotatable bonds is 21. The Morgan fingerprint density at radius 3 is 2.25 bits per heavy atom. The van der Waals surface area contributed by atoms with Crippen LogP contribution in [0, 0.1) is 0 Å². The lowest BCUT2D eigenvalue weighted by atomic mass is 9.88. The number of nitrogens with zero attached hydrogens (tertiary/aromatic N) is 4. The molecule has 1 unspecified atom stereocenters. The van der Waals surface area contributed by atoms with E-state index in [0.29, 0.717) is 52.0 Å². The predicted molar refractivity (Wildman–Crippen MR) is 203 cm³/mol. The first-order valence-electron chi connectivity index (χ1n) is 18.7. The largest absolute Gasteiger partial charge is 0.737 e. The minimum Gasteiger partial charge on any atom is -0.492 e. The van der Waals surface area contributed by atoms with Crippen molar-refractivity contribution in [2.45, 2.75) is 90.5 Å². The Balaban J connectivity index is 1.44. The van der Waals surface area contributed by atoms with E-state index in [-0.39, 0.29) is 44.4 Å². The van der Waals surface area contributed by atoms with Crippen molar-refractivity contribution in [2.24, 2.45) is 0 Å². The molecule has 4 rings (SSSR count). The van der Waals surface area contributed by atoms with Crippen LogP contribution in [-0.4, -0.2) is 118 Å². The normalized spacial score (nSPS) is 15.6. The summed E-state index contributed by atoms with van der Waals surface area (Å²) in [5.41, 5.74) is 3.32. The van der Waals surface area contributed by atoms with E-state index >= 15 is 8.63 Å². The van der Waals surface area contributed by atoms with Crippen LogP contribution in [0.25, 0.3) is 6.08 Å². The van der Waals surface area contributed by atoms with E-state index in [9.17, 15) is 37.6 Å². The molecule has 55 heavy (non-hydrogen) atoms. The van der Waals surface area contributed by atoms with Crippen molar-refractivity contribution in [2.75, 3.05) is 40.0 Å². The van der Waals surface area contributed by atoms with Crippen LogP contribution in [0.5, 0.6) is 11.8 Å². The predicted octanol–water partition coefficient (Wildman–Crippen LogP) is 3.16. The maximum absolute atomic E-state index is 16.9. The van der Waals surface area contributed by atoms with E-state index < -0.39 is 58.4 Å². The molecular weight excluding hydrogens is 741 g/mol. The molecule has 2 aromatic heterocycles. The Labute approximate surface area is 320 Å². The Morgan fingerprint density at radius 2 is 1.64 bits per heavy atom. The van der Waals surface area contributed by atoms with Crippen LogP contribution in [0.2, 0.25) is 0 Å². The zero-order valence-corrected chi connectivity index (χ0v) is 33.0. The number of aromatic hydroxyl groups is 2. The van der Waals surface area contributed by atoms with E-state index in [1.165, 1.54) is 4.48 Å². The molecule has 1 atom stereocenters. The summed E-state index contributed by atoms with van der Waals surface area (Å²) in [7, 11) is 1.45. The standard InChI is InChI=1S/C36H53BF2N6O9S/c1-6-11-25-21-27(13-10-20-45(3,4)5)42-30(25)23-31-26(12-7-2)22-28(43(31)37(42,38)39)15-16-32(46)41-29(24-55(51,52)53)36(50)40-19-9-8-14-35(49)54-44-33(47)17-18-34(44)48/h17-18,21-23,29H,6-16,19-20,24H2,1-5H3,(H4-,40,41,46,47,48,50,51,52,53)/p+1. The summed E-state index contributed by atoms with van der Waals surface area (Å²) in [6.45, 7) is 0.401. The number of carbonyl (C=O) groups excluding carboxylic acids is 3. The molecule has 0 aliphatic carbocycles. The molecule has 304 valence electrons. The number of halogens is 2. The second-order valence-electron chi connectivity index (χ2n) is 15.1. The summed E-state index contributed by atoms with van der Waals surface area (Å²) in [5, 5.41) is 24.0. The maximum Gasteiger partial charge on any atom is 0.737 e. The molecule has 0 aromatic carbocycles. The molecule has 15 nitrogen and oxygen atoms in total. The number of nitrogens with one attached hydrogen (secondary N) is 2. The minimum absolute atomic E-state index is 0.0349. The van der Waals surface area contributed by atoms with Gasteiger partial charge < -0.3 is 47.8 Å². The molecule has 2 aliphatic heterocycles. The highest BCUT2D eigenvalue weighted by atomic mass is 32.2. The first-order chi connectivity index (χ1) is 25.8. The molecule has 0 fully saturated rings. The fraction of sp³-hybridized carbons (Fsp3) is 0.556. The molecule has 5 N–H and O–H groups in total. The number of hydrogen-bond donors (Lipinski definition) is 5. The highest BCUT2D eigenvalue weighted by molar-refractivity contribution is 7.85. The zero-order chi connectivity index (χ0) is 40.7. The van der Waals surface area contributed by atoms with Crippen molar-refractivity contribution in [1.29, 1.82) is 0 Å². The molecule has 0 saturated carbocycles.